The van der Waals surface area contributed by atoms with Gasteiger partial charge in [-0.15, -0.1) is 0 Å². The highest BCUT2D eigenvalue weighted by molar-refractivity contribution is 6.13. The van der Waals surface area contributed by atoms with Crippen LogP contribution in [0.1, 0.15) is 19.3 Å². The second-order valence-corrected chi connectivity index (χ2v) is 13.6. The Balaban J connectivity index is 1.08. The number of ether oxygens (including phenoxy) is 1. The average molecular weight is 637 g/mol. The summed E-state index contributed by atoms with van der Waals surface area (Å²) in [6.07, 6.45) is 23.7. The van der Waals surface area contributed by atoms with Crippen molar-refractivity contribution < 1.29 is 4.74 Å². The summed E-state index contributed by atoms with van der Waals surface area (Å²) in [5.41, 5.74) is 8.95. The third-order valence-electron chi connectivity index (χ3n) is 10.9. The second kappa shape index (κ2) is 11.5. The van der Waals surface area contributed by atoms with Gasteiger partial charge in [0.2, 0.25) is 0 Å². The predicted molar refractivity (Wildman–Crippen MR) is 205 cm³/mol. The Kier molecular flexibility index (Phi) is 6.61. The van der Waals surface area contributed by atoms with E-state index in [0.29, 0.717) is 12.0 Å². The molecule has 5 aromatic rings. The molecule has 0 fully saturated rings. The Labute approximate surface area is 287 Å². The first kappa shape index (κ1) is 28.3. The zero-order chi connectivity index (χ0) is 32.3. The lowest BCUT2D eigenvalue weighted by Crippen LogP contribution is -2.36. The SMILES string of the molecule is C1=CCCC(C2Nc3ccc4ccc5ccc(N(c6ccccc6)C6C=CC7=C(C6)N(c6ccccc6)C6C=CC=CC76)cc5c4c3[OH+]2)=C1. The summed E-state index contributed by atoms with van der Waals surface area (Å²) in [4.78, 5) is 5.12. The number of nitrogens with zero attached hydrogens (tertiary/aromatic N) is 2. The van der Waals surface area contributed by atoms with Gasteiger partial charge >= 0.3 is 0 Å². The molecule has 2 N–H and O–H groups in total. The van der Waals surface area contributed by atoms with Crippen molar-refractivity contribution in [2.45, 2.75) is 37.6 Å². The van der Waals surface area contributed by atoms with E-state index < -0.39 is 0 Å². The topological polar surface area (TPSA) is 31.3 Å². The summed E-state index contributed by atoms with van der Waals surface area (Å²) in [6.45, 7) is 0. The number of hydrogen-bond acceptors (Lipinski definition) is 3. The molecule has 0 saturated carbocycles. The van der Waals surface area contributed by atoms with E-state index in [9.17, 15) is 0 Å². The first-order valence-corrected chi connectivity index (χ1v) is 17.6. The number of para-hydroxylation sites is 2. The quantitative estimate of drug-likeness (QED) is 0.118. The van der Waals surface area contributed by atoms with Crippen molar-refractivity contribution >= 4 is 44.3 Å². The molecule has 4 heteroatoms. The largest absolute Gasteiger partial charge is 0.560 e. The lowest BCUT2D eigenvalue weighted by Gasteiger charge is -2.37. The van der Waals surface area contributed by atoms with Crippen LogP contribution in [0.25, 0.3) is 21.5 Å². The van der Waals surface area contributed by atoms with Crippen LogP contribution in [0.2, 0.25) is 0 Å². The maximum Gasteiger partial charge on any atom is 0.288 e. The van der Waals surface area contributed by atoms with Gasteiger partial charge in [0.15, 0.2) is 0 Å². The van der Waals surface area contributed by atoms with Crippen LogP contribution in [-0.4, -0.2) is 23.0 Å². The maximum absolute atomic E-state index is 5.32. The van der Waals surface area contributed by atoms with Crippen molar-refractivity contribution in [2.24, 2.45) is 5.92 Å². The molecular formula is C45H38N3O+. The second-order valence-electron chi connectivity index (χ2n) is 13.6. The molecule has 2 heterocycles. The fourth-order valence-corrected chi connectivity index (χ4v) is 8.61. The lowest BCUT2D eigenvalue weighted by atomic mass is 9.87. The Morgan fingerprint density at radius 2 is 1.55 bits per heavy atom. The normalized spacial score (nSPS) is 23.3. The van der Waals surface area contributed by atoms with Gasteiger partial charge in [0.25, 0.3) is 12.0 Å². The fraction of sp³-hybridized carbons (Fsp3) is 0.156. The van der Waals surface area contributed by atoms with Crippen molar-refractivity contribution in [3.05, 3.63) is 175 Å². The van der Waals surface area contributed by atoms with Crippen LogP contribution in [0, 0.1) is 5.92 Å². The van der Waals surface area contributed by atoms with Gasteiger partial charge in [-0.1, -0.05) is 115 Å². The summed E-state index contributed by atoms with van der Waals surface area (Å²) in [5.74, 6) is 1.44. The highest BCUT2D eigenvalue weighted by Crippen LogP contribution is 2.48. The van der Waals surface area contributed by atoms with Gasteiger partial charge in [-0.3, -0.25) is 5.32 Å². The van der Waals surface area contributed by atoms with E-state index in [0.717, 1.165) is 30.7 Å². The monoisotopic (exact) mass is 636 g/mol. The number of fused-ring (bicyclic) bond motifs is 7. The van der Waals surface area contributed by atoms with Crippen LogP contribution >= 0.6 is 0 Å². The Morgan fingerprint density at radius 1 is 0.755 bits per heavy atom. The highest BCUT2D eigenvalue weighted by atomic mass is 16.5. The highest BCUT2D eigenvalue weighted by Gasteiger charge is 2.41. The minimum atomic E-state index is -0.00740. The van der Waals surface area contributed by atoms with Gasteiger partial charge in [-0.2, -0.15) is 0 Å². The van der Waals surface area contributed by atoms with E-state index in [-0.39, 0.29) is 12.3 Å². The van der Waals surface area contributed by atoms with Crippen LogP contribution in [-0.2, 0) is 0 Å². The van der Waals surface area contributed by atoms with Gasteiger partial charge in [-0.05, 0) is 71.7 Å². The van der Waals surface area contributed by atoms with Crippen molar-refractivity contribution in [1.82, 2.24) is 0 Å². The molecule has 0 amide bonds. The van der Waals surface area contributed by atoms with E-state index in [1.807, 2.05) is 0 Å². The zero-order valence-corrected chi connectivity index (χ0v) is 27.3. The Hall–Kier alpha value is -5.74. The molecule has 3 aliphatic carbocycles. The minimum Gasteiger partial charge on any atom is -0.560 e. The molecule has 0 radical (unpaired) electrons. The summed E-state index contributed by atoms with van der Waals surface area (Å²) < 4.78 is 5.32. The number of hydrogen-bond donors (Lipinski definition) is 1. The van der Waals surface area contributed by atoms with Gasteiger partial charge in [0.1, 0.15) is 5.69 Å². The summed E-state index contributed by atoms with van der Waals surface area (Å²) in [6, 6.07) is 38.2. The molecule has 238 valence electrons. The molecule has 4 nitrogen and oxygen atoms in total. The van der Waals surface area contributed by atoms with Crippen molar-refractivity contribution in [2.75, 3.05) is 15.1 Å². The maximum atomic E-state index is 5.32. The minimum absolute atomic E-state index is 0.00740. The van der Waals surface area contributed by atoms with E-state index in [1.165, 1.54) is 55.5 Å². The number of rotatable bonds is 5. The fourth-order valence-electron chi connectivity index (χ4n) is 8.61. The average Bonchev–Trinajstić information content (AvgIpc) is 3.75. The van der Waals surface area contributed by atoms with E-state index in [2.05, 4.69) is 173 Å². The Morgan fingerprint density at radius 3 is 2.41 bits per heavy atom. The number of nitrogens with one attached hydrogen (secondary N) is 1. The van der Waals surface area contributed by atoms with Gasteiger partial charge < -0.3 is 14.5 Å². The molecule has 2 aliphatic heterocycles. The van der Waals surface area contributed by atoms with Crippen LogP contribution < -0.4 is 15.1 Å². The molecule has 4 unspecified atom stereocenters. The number of aromatic hydroxyl groups is 1. The molecule has 5 aliphatic rings. The number of aliphatic hydroxyl groups is 1. The van der Waals surface area contributed by atoms with E-state index in [4.69, 9.17) is 4.74 Å². The first-order chi connectivity index (χ1) is 24.3. The standard InChI is InChI=1S/C45H37N3O/c1-4-12-32(13-5-1)45-46-40-27-23-31-21-20-30-22-24-35(28-39(30)43(31)44(40)49-45)47(33-14-6-2-7-15-33)36-25-26-38-37-18-10-11-19-41(37)48(42(38)29-36)34-16-8-3-9-17-34/h1-4,6-12,14-28,36-37,41,45-46H,5,13,29H2/p+1. The first-order valence-electron chi connectivity index (χ1n) is 17.6. The van der Waals surface area contributed by atoms with Crippen LogP contribution in [0.5, 0.6) is 5.75 Å². The molecule has 0 aromatic heterocycles. The summed E-state index contributed by atoms with van der Waals surface area (Å²) in [5, 5.41) is 8.65. The molecule has 0 bridgehead atoms. The summed E-state index contributed by atoms with van der Waals surface area (Å²) in [7, 11) is 0. The van der Waals surface area contributed by atoms with Gasteiger partial charge in [0.05, 0.1) is 17.5 Å². The van der Waals surface area contributed by atoms with E-state index in [1.54, 1.807) is 0 Å². The Bertz CT molecular complexity index is 2290. The van der Waals surface area contributed by atoms with E-state index >= 15 is 0 Å². The van der Waals surface area contributed by atoms with Gasteiger partial charge in [0, 0.05) is 46.1 Å². The molecular weight excluding hydrogens is 599 g/mol. The van der Waals surface area contributed by atoms with Gasteiger partial charge in [-0.25, -0.2) is 0 Å². The van der Waals surface area contributed by atoms with Crippen LogP contribution in [0.15, 0.2) is 175 Å². The summed E-state index contributed by atoms with van der Waals surface area (Å²) >= 11 is 0. The van der Waals surface area contributed by atoms with Crippen molar-refractivity contribution in [3.63, 3.8) is 0 Å². The molecule has 0 spiro atoms. The zero-order valence-electron chi connectivity index (χ0n) is 27.3. The molecule has 10 rings (SSSR count). The molecule has 49 heavy (non-hydrogen) atoms. The molecule has 5 aromatic carbocycles. The molecule has 0 saturated heterocycles. The number of allylic oxidation sites excluding steroid dienone is 6. The van der Waals surface area contributed by atoms with Crippen LogP contribution in [0.4, 0.5) is 22.7 Å². The number of anilines is 4. The smallest absolute Gasteiger partial charge is 0.288 e. The third-order valence-corrected chi connectivity index (χ3v) is 10.9. The number of benzene rings is 5. The molecule has 4 atom stereocenters. The van der Waals surface area contributed by atoms with Crippen LogP contribution in [0.3, 0.4) is 0 Å². The third kappa shape index (κ3) is 4.66. The van der Waals surface area contributed by atoms with Crippen molar-refractivity contribution in [3.8, 4) is 5.75 Å². The lowest BCUT2D eigenvalue weighted by molar-refractivity contribution is 0.0462. The van der Waals surface area contributed by atoms with Crippen molar-refractivity contribution in [1.29, 1.82) is 0 Å². The predicted octanol–water partition coefficient (Wildman–Crippen LogP) is 10.6.